The van der Waals surface area contributed by atoms with Crippen molar-refractivity contribution in [3.05, 3.63) is 17.5 Å². The minimum Gasteiger partial charge on any atom is -0.361 e. The monoisotopic (exact) mass is 392 g/mol. The van der Waals surface area contributed by atoms with Crippen molar-refractivity contribution in [2.75, 3.05) is 45.8 Å². The zero-order valence-electron chi connectivity index (χ0n) is 18.7. The summed E-state index contributed by atoms with van der Waals surface area (Å²) in [7, 11) is 0. The molecule has 0 spiro atoms. The Morgan fingerprint density at radius 3 is 2.43 bits per heavy atom. The summed E-state index contributed by atoms with van der Waals surface area (Å²) in [6.07, 6.45) is 1.09. The fourth-order valence-electron chi connectivity index (χ4n) is 3.82. The molecule has 0 unspecified atom stereocenters. The molecule has 0 radical (unpaired) electrons. The summed E-state index contributed by atoms with van der Waals surface area (Å²) in [5.41, 5.74) is 1.02. The third-order valence-corrected chi connectivity index (χ3v) is 5.23. The SMILES string of the molecule is CCNC(=NCCCN(C(C)C)C(C)C)N1CCN(Cc2cc(C)on2)CC1. The van der Waals surface area contributed by atoms with Crippen molar-refractivity contribution in [1.29, 1.82) is 0 Å². The van der Waals surface area contributed by atoms with Crippen LogP contribution in [0.2, 0.25) is 0 Å². The predicted molar refractivity (Wildman–Crippen MR) is 116 cm³/mol. The Bertz CT molecular complexity index is 581. The molecule has 1 fully saturated rings. The van der Waals surface area contributed by atoms with E-state index in [0.29, 0.717) is 12.1 Å². The minimum atomic E-state index is 0.582. The Hall–Kier alpha value is -1.60. The van der Waals surface area contributed by atoms with Gasteiger partial charge >= 0.3 is 0 Å². The van der Waals surface area contributed by atoms with Gasteiger partial charge in [-0.05, 0) is 48.0 Å². The maximum absolute atomic E-state index is 5.18. The first-order chi connectivity index (χ1) is 13.4. The number of piperazine rings is 1. The number of aromatic nitrogens is 1. The summed E-state index contributed by atoms with van der Waals surface area (Å²) in [6, 6.07) is 3.19. The number of aliphatic imine (C=N–C) groups is 1. The predicted octanol–water partition coefficient (Wildman–Crippen LogP) is 2.58. The largest absolute Gasteiger partial charge is 0.361 e. The number of hydrogen-bond donors (Lipinski definition) is 1. The van der Waals surface area contributed by atoms with Gasteiger partial charge < -0.3 is 14.7 Å². The molecule has 2 heterocycles. The summed E-state index contributed by atoms with van der Waals surface area (Å²) in [4.78, 5) is 12.3. The topological polar surface area (TPSA) is 60.1 Å². The first-order valence-corrected chi connectivity index (χ1v) is 10.8. The van der Waals surface area contributed by atoms with Gasteiger partial charge in [0.1, 0.15) is 5.76 Å². The molecule has 1 aromatic heterocycles. The molecule has 0 atom stereocenters. The number of rotatable bonds is 9. The molecule has 0 aliphatic carbocycles. The lowest BCUT2D eigenvalue weighted by atomic mass is 10.2. The first kappa shape index (κ1) is 22.7. The van der Waals surface area contributed by atoms with Crippen LogP contribution in [0.5, 0.6) is 0 Å². The lowest BCUT2D eigenvalue weighted by Gasteiger charge is -2.36. The number of hydrogen-bond acceptors (Lipinski definition) is 5. The van der Waals surface area contributed by atoms with E-state index in [2.05, 4.69) is 59.8 Å². The summed E-state index contributed by atoms with van der Waals surface area (Å²) < 4.78 is 5.18. The highest BCUT2D eigenvalue weighted by molar-refractivity contribution is 5.80. The van der Waals surface area contributed by atoms with Gasteiger partial charge in [-0.1, -0.05) is 5.16 Å². The van der Waals surface area contributed by atoms with E-state index in [1.807, 2.05) is 13.0 Å². The summed E-state index contributed by atoms with van der Waals surface area (Å²) >= 11 is 0. The van der Waals surface area contributed by atoms with Crippen molar-refractivity contribution < 1.29 is 4.52 Å². The summed E-state index contributed by atoms with van der Waals surface area (Å²) in [5, 5.41) is 7.58. The Morgan fingerprint density at radius 2 is 1.89 bits per heavy atom. The molecule has 0 bridgehead atoms. The van der Waals surface area contributed by atoms with Crippen LogP contribution in [-0.4, -0.2) is 83.7 Å². The van der Waals surface area contributed by atoms with E-state index < -0.39 is 0 Å². The Kier molecular flexibility index (Phi) is 9.25. The lowest BCUT2D eigenvalue weighted by molar-refractivity contribution is 0.168. The van der Waals surface area contributed by atoms with Crippen molar-refractivity contribution >= 4 is 5.96 Å². The first-order valence-electron chi connectivity index (χ1n) is 10.8. The van der Waals surface area contributed by atoms with Gasteiger partial charge in [0.25, 0.3) is 0 Å². The molecule has 0 amide bonds. The Morgan fingerprint density at radius 1 is 1.21 bits per heavy atom. The van der Waals surface area contributed by atoms with Crippen LogP contribution in [0.1, 0.15) is 52.5 Å². The van der Waals surface area contributed by atoms with E-state index in [1.54, 1.807) is 0 Å². The van der Waals surface area contributed by atoms with Crippen LogP contribution in [0.4, 0.5) is 0 Å². The maximum atomic E-state index is 5.18. The fraction of sp³-hybridized carbons (Fsp3) is 0.810. The lowest BCUT2D eigenvalue weighted by Crippen LogP contribution is -2.52. The highest BCUT2D eigenvalue weighted by Crippen LogP contribution is 2.10. The molecule has 1 saturated heterocycles. The third kappa shape index (κ3) is 7.09. The molecule has 7 heteroatoms. The van der Waals surface area contributed by atoms with E-state index in [-0.39, 0.29) is 0 Å². The molecule has 1 aliphatic rings. The highest BCUT2D eigenvalue weighted by atomic mass is 16.5. The molecule has 1 aliphatic heterocycles. The normalized spacial score (nSPS) is 16.6. The van der Waals surface area contributed by atoms with Gasteiger partial charge in [-0.2, -0.15) is 0 Å². The molecule has 2 rings (SSSR count). The summed E-state index contributed by atoms with van der Waals surface area (Å²) in [6.45, 7) is 20.9. The van der Waals surface area contributed by atoms with Gasteiger partial charge in [0.05, 0.1) is 5.69 Å². The standard InChI is InChI=1S/C21H40N6O/c1-7-22-21(23-9-8-10-27(17(2)3)18(4)5)26-13-11-25(12-14-26)16-20-15-19(6)28-24-20/h15,17-18H,7-14,16H2,1-6H3,(H,22,23). The highest BCUT2D eigenvalue weighted by Gasteiger charge is 2.20. The van der Waals surface area contributed by atoms with Crippen LogP contribution in [0, 0.1) is 6.92 Å². The fourth-order valence-corrected chi connectivity index (χ4v) is 3.82. The van der Waals surface area contributed by atoms with Crippen LogP contribution in [0.15, 0.2) is 15.6 Å². The minimum absolute atomic E-state index is 0.582. The molecule has 0 aromatic carbocycles. The number of aryl methyl sites for hydroxylation is 1. The molecule has 28 heavy (non-hydrogen) atoms. The van der Waals surface area contributed by atoms with Gasteiger partial charge in [0.2, 0.25) is 0 Å². The molecule has 0 saturated carbocycles. The molecular formula is C21H40N6O. The molecule has 160 valence electrons. The van der Waals surface area contributed by atoms with Crippen molar-refractivity contribution in [3.63, 3.8) is 0 Å². The van der Waals surface area contributed by atoms with Crippen molar-refractivity contribution in [2.24, 2.45) is 4.99 Å². The van der Waals surface area contributed by atoms with Crippen LogP contribution >= 0.6 is 0 Å². The zero-order valence-corrected chi connectivity index (χ0v) is 18.7. The smallest absolute Gasteiger partial charge is 0.194 e. The Balaban J connectivity index is 1.80. The van der Waals surface area contributed by atoms with Gasteiger partial charge in [0.15, 0.2) is 5.96 Å². The quantitative estimate of drug-likeness (QED) is 0.396. The Labute approximate surface area is 171 Å². The second-order valence-electron chi connectivity index (χ2n) is 8.21. The van der Waals surface area contributed by atoms with Gasteiger partial charge in [-0.15, -0.1) is 0 Å². The maximum Gasteiger partial charge on any atom is 0.194 e. The molecular weight excluding hydrogens is 352 g/mol. The van der Waals surface area contributed by atoms with E-state index in [0.717, 1.165) is 76.2 Å². The van der Waals surface area contributed by atoms with Gasteiger partial charge in [-0.3, -0.25) is 14.8 Å². The van der Waals surface area contributed by atoms with Crippen LogP contribution < -0.4 is 5.32 Å². The zero-order chi connectivity index (χ0) is 20.5. The average Bonchev–Trinajstić information content (AvgIpc) is 3.05. The van der Waals surface area contributed by atoms with Crippen molar-refractivity contribution in [2.45, 2.75) is 66.6 Å². The van der Waals surface area contributed by atoms with Gasteiger partial charge in [0, 0.05) is 70.5 Å². The van der Waals surface area contributed by atoms with Crippen LogP contribution in [0.25, 0.3) is 0 Å². The molecule has 1 aromatic rings. The number of guanidine groups is 1. The molecule has 7 nitrogen and oxygen atoms in total. The van der Waals surface area contributed by atoms with E-state index in [4.69, 9.17) is 9.52 Å². The van der Waals surface area contributed by atoms with Gasteiger partial charge in [-0.25, -0.2) is 0 Å². The van der Waals surface area contributed by atoms with E-state index in [1.165, 1.54) is 0 Å². The van der Waals surface area contributed by atoms with E-state index >= 15 is 0 Å². The third-order valence-electron chi connectivity index (χ3n) is 5.23. The van der Waals surface area contributed by atoms with Crippen molar-refractivity contribution in [3.8, 4) is 0 Å². The van der Waals surface area contributed by atoms with Crippen LogP contribution in [-0.2, 0) is 6.54 Å². The molecule has 1 N–H and O–H groups in total. The van der Waals surface area contributed by atoms with Crippen LogP contribution in [0.3, 0.4) is 0 Å². The van der Waals surface area contributed by atoms with Crippen molar-refractivity contribution in [1.82, 2.24) is 25.2 Å². The number of nitrogens with one attached hydrogen (secondary N) is 1. The summed E-state index contributed by atoms with van der Waals surface area (Å²) in [5.74, 6) is 1.93. The second kappa shape index (κ2) is 11.4. The number of nitrogens with zero attached hydrogens (tertiary/aromatic N) is 5. The van der Waals surface area contributed by atoms with E-state index in [9.17, 15) is 0 Å². The second-order valence-corrected chi connectivity index (χ2v) is 8.21. The average molecular weight is 393 g/mol.